The van der Waals surface area contributed by atoms with Gasteiger partial charge in [0, 0.05) is 23.5 Å². The molecule has 1 heterocycles. The van der Waals surface area contributed by atoms with Gasteiger partial charge in [-0.3, -0.25) is 0 Å². The van der Waals surface area contributed by atoms with Crippen LogP contribution in [0.4, 0.5) is 25.2 Å². The summed E-state index contributed by atoms with van der Waals surface area (Å²) in [5.41, 5.74) is 0. The number of fused-ring (bicyclic) bond motifs is 2. The molecule has 4 rings (SSSR count). The van der Waals surface area contributed by atoms with Crippen molar-refractivity contribution in [1.29, 1.82) is 0 Å². The maximum atomic E-state index is 9.87. The summed E-state index contributed by atoms with van der Waals surface area (Å²) >= 11 is 0. The second kappa shape index (κ2) is 7.97. The Kier molecular flexibility index (Phi) is 6.81. The molecule has 0 amide bonds. The molecule has 1 aliphatic heterocycles. The van der Waals surface area contributed by atoms with Crippen molar-refractivity contribution in [3.8, 4) is 23.0 Å². The number of ether oxygens (including phenoxy) is 2. The van der Waals surface area contributed by atoms with E-state index in [-0.39, 0.29) is 17.1 Å². The topological polar surface area (TPSA) is 18.5 Å². The molecule has 2 aliphatic rings. The van der Waals surface area contributed by atoms with Gasteiger partial charge in [-0.25, -0.2) is 0 Å². The Bertz CT molecular complexity index is 726. The molecular weight excluding hydrogens is 437 g/mol. The number of rotatable bonds is 0. The minimum Gasteiger partial charge on any atom is -0.450 e. The third-order valence-corrected chi connectivity index (χ3v) is 2.69. The maximum Gasteiger partial charge on any atom is 0.170 e. The molecule has 149 valence electrons. The van der Waals surface area contributed by atoms with E-state index in [2.05, 4.69) is 0 Å². The summed E-state index contributed by atoms with van der Waals surface area (Å²) in [6.07, 6.45) is 10.0. The van der Waals surface area contributed by atoms with Crippen molar-refractivity contribution in [3.63, 3.8) is 0 Å². The summed E-state index contributed by atoms with van der Waals surface area (Å²) in [4.78, 5) is 0. The van der Waals surface area contributed by atoms with Gasteiger partial charge in [0.15, 0.2) is 23.0 Å². The number of para-hydroxylation sites is 4. The molecule has 0 atom stereocenters. The first-order valence-electron chi connectivity index (χ1n) is 7.15. The Morgan fingerprint density at radius 1 is 0.519 bits per heavy atom. The zero-order valence-corrected chi connectivity index (χ0v) is 15.4. The average molecular weight is 450 g/mol. The monoisotopic (exact) mass is 450 g/mol. The zero-order valence-electron chi connectivity index (χ0n) is 13.4. The quantitative estimate of drug-likeness (QED) is 0.195. The van der Waals surface area contributed by atoms with E-state index in [0.29, 0.717) is 0 Å². The molecule has 1 aliphatic carbocycles. The van der Waals surface area contributed by atoms with Crippen LogP contribution in [0.3, 0.4) is 0 Å². The molecule has 0 N–H and O–H groups in total. The summed E-state index contributed by atoms with van der Waals surface area (Å²) in [7, 11) is -10.7. The van der Waals surface area contributed by atoms with Crippen molar-refractivity contribution in [2.75, 3.05) is 0 Å². The summed E-state index contributed by atoms with van der Waals surface area (Å²) in [6.45, 7) is 0. The normalized spacial score (nSPS) is 15.5. The second-order valence-corrected chi connectivity index (χ2v) is 6.93. The molecule has 2 aromatic carbocycles. The van der Waals surface area contributed by atoms with E-state index in [4.69, 9.17) is 9.47 Å². The molecule has 0 bridgehead atoms. The molecular formula is C17H13F6FeO2P-. The molecule has 0 saturated heterocycles. The Balaban J connectivity index is 0.000000237. The molecule has 2 nitrogen and oxygen atoms in total. The van der Waals surface area contributed by atoms with E-state index in [1.165, 1.54) is 0 Å². The summed E-state index contributed by atoms with van der Waals surface area (Å²) in [6, 6.07) is 15.3. The Morgan fingerprint density at radius 2 is 0.778 bits per heavy atom. The third-order valence-electron chi connectivity index (χ3n) is 2.69. The molecule has 0 saturated carbocycles. The van der Waals surface area contributed by atoms with Crippen molar-refractivity contribution in [1.82, 2.24) is 0 Å². The Hall–Kier alpha value is -1.95. The summed E-state index contributed by atoms with van der Waals surface area (Å²) in [5, 5.41) is 0. The van der Waals surface area contributed by atoms with E-state index in [1.54, 1.807) is 0 Å². The summed E-state index contributed by atoms with van der Waals surface area (Å²) < 4.78 is 70.5. The predicted octanol–water partition coefficient (Wildman–Crippen LogP) is 8.28. The first-order valence-corrected chi connectivity index (χ1v) is 9.18. The van der Waals surface area contributed by atoms with E-state index in [9.17, 15) is 25.2 Å². The predicted molar refractivity (Wildman–Crippen MR) is 89.2 cm³/mol. The first kappa shape index (κ1) is 23.1. The fraction of sp³-hybridized carbons (Fsp3) is 0. The molecule has 0 fully saturated rings. The third kappa shape index (κ3) is 10.7. The number of benzene rings is 2. The van der Waals surface area contributed by atoms with Gasteiger partial charge in [0.1, 0.15) is 0 Å². The van der Waals surface area contributed by atoms with Gasteiger partial charge < -0.3 is 9.47 Å². The standard InChI is InChI=1S/C12H8O2.C5H5.F6P.Fe/c1-2-6-10-9(5-1)13-11-7-3-4-8-12(11)14-10;1-2-4-5-3-1;1-7(2,3,4,5)6;/h1-8H;1-5H;;/q;;-1;. The van der Waals surface area contributed by atoms with E-state index in [1.807, 2.05) is 79.3 Å². The van der Waals surface area contributed by atoms with Gasteiger partial charge in [0.05, 0.1) is 0 Å². The molecule has 0 aromatic heterocycles. The number of hydrogen-bond donors (Lipinski definition) is 0. The number of hydrogen-bond acceptors (Lipinski definition) is 2. The van der Waals surface area contributed by atoms with E-state index >= 15 is 0 Å². The SMILES string of the molecule is F[P-](F)(F)(F)(F)F.[CH]1C=CC=C1.[Fe].c1ccc2c(c1)Oc1ccccc1O2. The van der Waals surface area contributed by atoms with Crippen LogP contribution in [0.1, 0.15) is 0 Å². The van der Waals surface area contributed by atoms with Crippen molar-refractivity contribution >= 4 is 7.81 Å². The minimum atomic E-state index is -10.7. The van der Waals surface area contributed by atoms with Crippen LogP contribution in [0.15, 0.2) is 72.8 Å². The van der Waals surface area contributed by atoms with E-state index < -0.39 is 7.81 Å². The molecule has 1 radical (unpaired) electrons. The van der Waals surface area contributed by atoms with Gasteiger partial charge in [0.2, 0.25) is 0 Å². The van der Waals surface area contributed by atoms with Crippen LogP contribution in [-0.4, -0.2) is 0 Å². The Morgan fingerprint density at radius 3 is 0.963 bits per heavy atom. The van der Waals surface area contributed by atoms with Crippen LogP contribution in [-0.2, 0) is 17.1 Å². The molecule has 0 spiro atoms. The second-order valence-electron chi connectivity index (χ2n) is 5.02. The van der Waals surface area contributed by atoms with Crippen molar-refractivity contribution < 1.29 is 51.7 Å². The Labute approximate surface area is 162 Å². The fourth-order valence-corrected chi connectivity index (χ4v) is 1.80. The largest absolute Gasteiger partial charge is 0.450 e. The van der Waals surface area contributed by atoms with Gasteiger partial charge in [-0.2, -0.15) is 0 Å². The molecule has 2 aromatic rings. The average Bonchev–Trinajstić information content (AvgIpc) is 3.09. The van der Waals surface area contributed by atoms with Crippen LogP contribution >= 0.6 is 7.81 Å². The molecule has 0 unspecified atom stereocenters. The van der Waals surface area contributed by atoms with Crippen LogP contribution in [0.25, 0.3) is 0 Å². The fourth-order valence-electron chi connectivity index (χ4n) is 1.80. The van der Waals surface area contributed by atoms with Crippen LogP contribution < -0.4 is 9.47 Å². The molecule has 10 heteroatoms. The number of halogens is 6. The van der Waals surface area contributed by atoms with Crippen LogP contribution in [0.5, 0.6) is 23.0 Å². The van der Waals surface area contributed by atoms with Crippen LogP contribution in [0, 0.1) is 6.42 Å². The first-order chi connectivity index (χ1) is 11.9. The smallest absolute Gasteiger partial charge is 0.170 e. The maximum absolute atomic E-state index is 10.7. The van der Waals surface area contributed by atoms with E-state index in [0.717, 1.165) is 23.0 Å². The van der Waals surface area contributed by atoms with Gasteiger partial charge >= 0.3 is 33.0 Å². The minimum absolute atomic E-state index is 0. The van der Waals surface area contributed by atoms with Gasteiger partial charge in [-0.05, 0) is 24.3 Å². The van der Waals surface area contributed by atoms with Crippen molar-refractivity contribution in [3.05, 3.63) is 79.3 Å². The van der Waals surface area contributed by atoms with Crippen molar-refractivity contribution in [2.45, 2.75) is 0 Å². The van der Waals surface area contributed by atoms with Gasteiger partial charge in [-0.15, -0.1) is 0 Å². The summed E-state index contributed by atoms with van der Waals surface area (Å²) in [5.74, 6) is 3.08. The molecule has 27 heavy (non-hydrogen) atoms. The zero-order chi connectivity index (χ0) is 19.3. The van der Waals surface area contributed by atoms with Gasteiger partial charge in [0.25, 0.3) is 0 Å². The number of allylic oxidation sites excluding steroid dienone is 4. The van der Waals surface area contributed by atoms with Gasteiger partial charge in [-0.1, -0.05) is 48.6 Å². The van der Waals surface area contributed by atoms with Crippen molar-refractivity contribution in [2.24, 2.45) is 0 Å². The van der Waals surface area contributed by atoms with Crippen LogP contribution in [0.2, 0.25) is 0 Å².